The van der Waals surface area contributed by atoms with Gasteiger partial charge in [0.1, 0.15) is 16.8 Å². The zero-order chi connectivity index (χ0) is 34.5. The molecular weight excluding hydrogens is 631 g/mol. The van der Waals surface area contributed by atoms with Crippen LogP contribution in [-0.4, -0.2) is 83.4 Å². The van der Waals surface area contributed by atoms with Gasteiger partial charge in [0.2, 0.25) is 11.9 Å². The van der Waals surface area contributed by atoms with Gasteiger partial charge in [-0.05, 0) is 67.2 Å². The fraction of sp³-hybridized carbons (Fsp3) is 0.500. The van der Waals surface area contributed by atoms with Crippen LogP contribution in [0, 0.1) is 0 Å². The van der Waals surface area contributed by atoms with Crippen molar-refractivity contribution in [1.82, 2.24) is 39.9 Å². The van der Waals surface area contributed by atoms with Gasteiger partial charge in [-0.3, -0.25) is 9.97 Å². The highest BCUT2D eigenvalue weighted by Crippen LogP contribution is 2.36. The lowest BCUT2D eigenvalue weighted by molar-refractivity contribution is 0.00578. The van der Waals surface area contributed by atoms with E-state index in [1.165, 1.54) is 44.3 Å². The third kappa shape index (κ3) is 8.44. The molecule has 0 unspecified atom stereocenters. The number of halogens is 1. The number of hydrogen-bond donors (Lipinski definition) is 2. The fourth-order valence-electron chi connectivity index (χ4n) is 5.52. The third-order valence-corrected chi connectivity index (χ3v) is 9.20. The van der Waals surface area contributed by atoms with E-state index in [0.717, 1.165) is 36.0 Å². The summed E-state index contributed by atoms with van der Waals surface area (Å²) in [7, 11) is -0.389. The summed E-state index contributed by atoms with van der Waals surface area (Å²) in [6, 6.07) is 1.03. The zero-order valence-corrected chi connectivity index (χ0v) is 29.2. The van der Waals surface area contributed by atoms with E-state index in [9.17, 15) is 0 Å². The van der Waals surface area contributed by atoms with E-state index in [0.29, 0.717) is 34.6 Å². The van der Waals surface area contributed by atoms with Gasteiger partial charge in [0.05, 0.1) is 41.7 Å². The minimum absolute atomic E-state index is 0.324. The summed E-state index contributed by atoms with van der Waals surface area (Å²) >= 11 is 5.39. The number of rotatable bonds is 4. The molecule has 48 heavy (non-hydrogen) atoms. The number of aromatic nitrogens is 8. The molecule has 0 saturated carbocycles. The monoisotopic (exact) mass is 674 g/mol. The molecule has 3 aliphatic rings. The number of nitrogens with zero attached hydrogens (tertiary/aromatic N) is 10. The molecule has 3 fully saturated rings. The predicted octanol–water partition coefficient (Wildman–Crippen LogP) is 3.98. The van der Waals surface area contributed by atoms with Crippen molar-refractivity contribution in [3.05, 3.63) is 54.7 Å². The van der Waals surface area contributed by atoms with Crippen LogP contribution in [0.2, 0.25) is 5.15 Å². The number of hydrogen-bond acceptors (Lipinski definition) is 14. The molecule has 0 bridgehead atoms. The van der Waals surface area contributed by atoms with Crippen LogP contribution in [0.15, 0.2) is 49.6 Å². The van der Waals surface area contributed by atoms with Crippen molar-refractivity contribution >= 4 is 47.7 Å². The summed E-state index contributed by atoms with van der Waals surface area (Å²) in [6.07, 6.45) is 18.1. The summed E-state index contributed by atoms with van der Waals surface area (Å²) in [5.74, 6) is 2.33. The van der Waals surface area contributed by atoms with E-state index < -0.39 is 0 Å². The fourth-order valence-corrected chi connectivity index (χ4v) is 5.67. The van der Waals surface area contributed by atoms with Crippen molar-refractivity contribution in [3.8, 4) is 11.3 Å². The lowest BCUT2D eigenvalue weighted by Crippen LogP contribution is -2.41. The molecule has 2 atom stereocenters. The normalized spacial score (nSPS) is 20.9. The van der Waals surface area contributed by atoms with Crippen LogP contribution in [0.25, 0.3) is 11.3 Å². The minimum atomic E-state index is -0.389. The van der Waals surface area contributed by atoms with Gasteiger partial charge in [-0.2, -0.15) is 0 Å². The summed E-state index contributed by atoms with van der Waals surface area (Å²) in [4.78, 5) is 37.9. The van der Waals surface area contributed by atoms with Gasteiger partial charge < -0.3 is 30.6 Å². The van der Waals surface area contributed by atoms with E-state index in [1.807, 2.05) is 40.1 Å². The summed E-state index contributed by atoms with van der Waals surface area (Å²) in [6.45, 7) is 14.7. The molecule has 0 aliphatic carbocycles. The highest BCUT2D eigenvalue weighted by Gasteiger charge is 2.52. The molecule has 0 amide bonds. The Balaban J connectivity index is 0.000000154. The van der Waals surface area contributed by atoms with Gasteiger partial charge in [-0.25, -0.2) is 29.9 Å². The smallest absolute Gasteiger partial charge is 0.399 e. The van der Waals surface area contributed by atoms with Crippen molar-refractivity contribution in [2.75, 3.05) is 34.4 Å². The first-order valence-electron chi connectivity index (χ1n) is 16.2. The average Bonchev–Trinajstić information content (AvgIpc) is 3.74. The van der Waals surface area contributed by atoms with Crippen LogP contribution in [0.5, 0.6) is 0 Å². The van der Waals surface area contributed by atoms with Crippen molar-refractivity contribution in [3.63, 3.8) is 0 Å². The van der Waals surface area contributed by atoms with E-state index >= 15 is 0 Å². The first-order chi connectivity index (χ1) is 22.8. The summed E-state index contributed by atoms with van der Waals surface area (Å²) in [5, 5.41) is 0.324. The van der Waals surface area contributed by atoms with Gasteiger partial charge in [0.25, 0.3) is 0 Å². The Bertz CT molecular complexity index is 1610. The van der Waals surface area contributed by atoms with E-state index in [-0.39, 0.29) is 18.3 Å². The highest BCUT2D eigenvalue weighted by molar-refractivity contribution is 6.61. The molecule has 0 aromatic carbocycles. The molecule has 0 spiro atoms. The van der Waals surface area contributed by atoms with Gasteiger partial charge in [-0.1, -0.05) is 11.6 Å². The van der Waals surface area contributed by atoms with Crippen molar-refractivity contribution < 1.29 is 9.31 Å². The molecule has 4 aromatic rings. The van der Waals surface area contributed by atoms with Crippen molar-refractivity contribution in [1.29, 1.82) is 0 Å². The van der Waals surface area contributed by atoms with Gasteiger partial charge >= 0.3 is 7.12 Å². The van der Waals surface area contributed by atoms with E-state index in [1.54, 1.807) is 18.6 Å². The standard InChI is InChI=1S/C15H24BN3O2.C13H16N6.C4H4ClN3/c1-11-7-6-8-19(11)13-17-9-12(10-18-13)16-20-14(2,3)15(4,5)21-16;1-9-3-2-4-19(9)13-16-5-10(6-17-13)11-7-15-8-12(14)18-11;5-3-1-7-2-4(6)8-3/h9-11H,6-8H2,1-5H3;5-9H,2-4H2,1H3,(H2,14,18);1-2H,(H2,6,8)/t11-;9-;/m00./s1. The summed E-state index contributed by atoms with van der Waals surface area (Å²) in [5.41, 5.74) is 12.6. The second-order valence-corrected chi connectivity index (χ2v) is 13.5. The Hall–Kier alpha value is -4.21. The Morgan fingerprint density at radius 3 is 1.60 bits per heavy atom. The molecule has 7 heterocycles. The first-order valence-corrected chi connectivity index (χ1v) is 16.5. The van der Waals surface area contributed by atoms with Crippen LogP contribution < -0.4 is 26.7 Å². The number of nitrogen functional groups attached to an aromatic ring is 2. The molecule has 3 saturated heterocycles. The lowest BCUT2D eigenvalue weighted by Gasteiger charge is -2.32. The van der Waals surface area contributed by atoms with E-state index in [2.05, 4.69) is 63.5 Å². The van der Waals surface area contributed by atoms with E-state index in [4.69, 9.17) is 32.4 Å². The minimum Gasteiger partial charge on any atom is -0.399 e. The average molecular weight is 675 g/mol. The third-order valence-electron chi connectivity index (χ3n) is 9.01. The van der Waals surface area contributed by atoms with Crippen LogP contribution in [-0.2, 0) is 9.31 Å². The SMILES string of the molecule is C[C@H]1CCCN1c1ncc(-c2cncc(N)n2)cn1.C[C@H]1CCCN1c1ncc(B2OC(C)(C)C(C)(C)O2)cn1.Nc1cncc(Cl)n1. The Labute approximate surface area is 287 Å². The van der Waals surface area contributed by atoms with Crippen molar-refractivity contribution in [2.24, 2.45) is 0 Å². The molecule has 0 radical (unpaired) electrons. The molecule has 7 rings (SSSR count). The van der Waals surface area contributed by atoms with Crippen LogP contribution in [0.4, 0.5) is 23.5 Å². The molecule has 3 aliphatic heterocycles. The Morgan fingerprint density at radius 1 is 0.708 bits per heavy atom. The van der Waals surface area contributed by atoms with Crippen LogP contribution >= 0.6 is 11.6 Å². The second-order valence-electron chi connectivity index (χ2n) is 13.1. The number of anilines is 4. The second kappa shape index (κ2) is 14.9. The number of nitrogens with two attached hydrogens (primary N) is 2. The molecule has 16 heteroatoms. The maximum Gasteiger partial charge on any atom is 0.498 e. The molecular formula is C32H44BClN12O2. The quantitative estimate of drug-likeness (QED) is 0.297. The predicted molar refractivity (Wildman–Crippen MR) is 189 cm³/mol. The van der Waals surface area contributed by atoms with Crippen LogP contribution in [0.3, 0.4) is 0 Å². The van der Waals surface area contributed by atoms with Gasteiger partial charge in [0, 0.05) is 61.0 Å². The topological polar surface area (TPSA) is 180 Å². The van der Waals surface area contributed by atoms with Gasteiger partial charge in [0.15, 0.2) is 0 Å². The molecule has 4 N–H and O–H groups in total. The van der Waals surface area contributed by atoms with Gasteiger partial charge in [-0.15, -0.1) is 0 Å². The maximum atomic E-state index is 6.02. The largest absolute Gasteiger partial charge is 0.498 e. The molecule has 254 valence electrons. The maximum absolute atomic E-state index is 6.02. The van der Waals surface area contributed by atoms with Crippen LogP contribution in [0.1, 0.15) is 67.2 Å². The molecule has 14 nitrogen and oxygen atoms in total. The lowest BCUT2D eigenvalue weighted by atomic mass is 9.81. The Kier molecular flexibility index (Phi) is 10.9. The Morgan fingerprint density at radius 2 is 1.19 bits per heavy atom. The first kappa shape index (κ1) is 35.1. The zero-order valence-electron chi connectivity index (χ0n) is 28.4. The highest BCUT2D eigenvalue weighted by atomic mass is 35.5. The molecule has 4 aromatic heterocycles. The van der Waals surface area contributed by atoms with Crippen molar-refractivity contribution in [2.45, 2.75) is 90.5 Å². The summed E-state index contributed by atoms with van der Waals surface area (Å²) < 4.78 is 12.0.